The van der Waals surface area contributed by atoms with Crippen LogP contribution in [0.15, 0.2) is 23.0 Å². The van der Waals surface area contributed by atoms with Crippen molar-refractivity contribution in [1.82, 2.24) is 15.0 Å². The molecule has 0 aliphatic rings. The van der Waals surface area contributed by atoms with Gasteiger partial charge in [0.25, 0.3) is 11.2 Å². The van der Waals surface area contributed by atoms with Gasteiger partial charge in [0.15, 0.2) is 0 Å². The van der Waals surface area contributed by atoms with E-state index in [1.807, 2.05) is 0 Å². The number of hydrogen-bond acceptors (Lipinski definition) is 5. The Bertz CT molecular complexity index is 604. The number of fused-ring (bicyclic) bond motifs is 1. The Balaban J connectivity index is 2.81. The minimum absolute atomic E-state index is 0.106. The summed E-state index contributed by atoms with van der Waals surface area (Å²) in [5, 5.41) is 18.0. The third kappa shape index (κ3) is 1.43. The van der Waals surface area contributed by atoms with Crippen molar-refractivity contribution >= 4 is 16.6 Å². The molecule has 0 radical (unpaired) electrons. The third-order valence-electron chi connectivity index (χ3n) is 2.00. The molecular weight excluding hydrogens is 200 g/mol. The highest BCUT2D eigenvalue weighted by atomic mass is 16.6. The molecule has 7 nitrogen and oxygen atoms in total. The van der Waals surface area contributed by atoms with Gasteiger partial charge in [-0.05, 0) is 6.07 Å². The second kappa shape index (κ2) is 3.12. The highest BCUT2D eigenvalue weighted by Crippen LogP contribution is 2.15. The standard InChI is InChI=1S/C8H6N4O3/c1-11-8(13)6-3-2-5(12(14)15)4-7(6)9-10-11/h2-4H,1H3. The van der Waals surface area contributed by atoms with Gasteiger partial charge in [-0.1, -0.05) is 5.21 Å². The Kier molecular flexibility index (Phi) is 1.93. The van der Waals surface area contributed by atoms with Crippen molar-refractivity contribution in [1.29, 1.82) is 0 Å². The number of nitro groups is 1. The van der Waals surface area contributed by atoms with Crippen LogP contribution >= 0.6 is 0 Å². The average Bonchev–Trinajstić information content (AvgIpc) is 2.23. The largest absolute Gasteiger partial charge is 0.277 e. The molecule has 0 saturated carbocycles. The maximum atomic E-state index is 11.5. The van der Waals surface area contributed by atoms with E-state index in [1.54, 1.807) is 0 Å². The van der Waals surface area contributed by atoms with Gasteiger partial charge in [-0.3, -0.25) is 14.9 Å². The molecule has 0 saturated heterocycles. The summed E-state index contributed by atoms with van der Waals surface area (Å²) in [5.74, 6) is 0. The molecule has 1 aromatic heterocycles. The van der Waals surface area contributed by atoms with Crippen LogP contribution in [0.3, 0.4) is 0 Å². The van der Waals surface area contributed by atoms with E-state index < -0.39 is 4.92 Å². The molecule has 0 spiro atoms. The molecule has 76 valence electrons. The van der Waals surface area contributed by atoms with Crippen LogP contribution in [0.2, 0.25) is 0 Å². The molecule has 0 N–H and O–H groups in total. The monoisotopic (exact) mass is 206 g/mol. The highest BCUT2D eigenvalue weighted by Gasteiger charge is 2.09. The van der Waals surface area contributed by atoms with Crippen LogP contribution in [0.5, 0.6) is 0 Å². The lowest BCUT2D eigenvalue weighted by atomic mass is 10.2. The molecule has 1 heterocycles. The predicted octanol–water partition coefficient (Wildman–Crippen LogP) is 0.237. The second-order valence-corrected chi connectivity index (χ2v) is 2.98. The van der Waals surface area contributed by atoms with Crippen molar-refractivity contribution in [3.05, 3.63) is 38.7 Å². The summed E-state index contributed by atoms with van der Waals surface area (Å²) in [4.78, 5) is 21.4. The molecule has 2 rings (SSSR count). The first kappa shape index (κ1) is 9.25. The molecule has 0 amide bonds. The average molecular weight is 206 g/mol. The van der Waals surface area contributed by atoms with Gasteiger partial charge < -0.3 is 0 Å². The Morgan fingerprint density at radius 3 is 2.87 bits per heavy atom. The molecule has 0 fully saturated rings. The van der Waals surface area contributed by atoms with Crippen LogP contribution in [0.4, 0.5) is 5.69 Å². The van der Waals surface area contributed by atoms with Crippen molar-refractivity contribution in [3.63, 3.8) is 0 Å². The number of non-ortho nitro benzene ring substituents is 1. The Morgan fingerprint density at radius 1 is 1.47 bits per heavy atom. The number of benzene rings is 1. The van der Waals surface area contributed by atoms with Gasteiger partial charge in [0.1, 0.15) is 5.52 Å². The van der Waals surface area contributed by atoms with Crippen molar-refractivity contribution in [3.8, 4) is 0 Å². The Hall–Kier alpha value is -2.31. The van der Waals surface area contributed by atoms with E-state index in [4.69, 9.17) is 0 Å². The number of aryl methyl sites for hydroxylation is 1. The summed E-state index contributed by atoms with van der Waals surface area (Å²) in [6.45, 7) is 0. The van der Waals surface area contributed by atoms with Crippen LogP contribution in [0, 0.1) is 10.1 Å². The molecule has 15 heavy (non-hydrogen) atoms. The summed E-state index contributed by atoms with van der Waals surface area (Å²) >= 11 is 0. The number of nitro benzene ring substituents is 1. The normalized spacial score (nSPS) is 10.5. The fourth-order valence-electron chi connectivity index (χ4n) is 1.23. The van der Waals surface area contributed by atoms with Gasteiger partial charge in [0.05, 0.1) is 10.3 Å². The van der Waals surface area contributed by atoms with Crippen LogP contribution in [0.25, 0.3) is 10.9 Å². The number of hydrogen-bond donors (Lipinski definition) is 0. The van der Waals surface area contributed by atoms with E-state index in [0.717, 1.165) is 4.68 Å². The number of nitrogens with zero attached hydrogens (tertiary/aromatic N) is 4. The van der Waals surface area contributed by atoms with E-state index in [2.05, 4.69) is 10.3 Å². The predicted molar refractivity (Wildman–Crippen MR) is 51.4 cm³/mol. The van der Waals surface area contributed by atoms with Crippen molar-refractivity contribution < 1.29 is 4.92 Å². The van der Waals surface area contributed by atoms with Crippen LogP contribution < -0.4 is 5.56 Å². The van der Waals surface area contributed by atoms with Gasteiger partial charge in [-0.2, -0.15) is 0 Å². The topological polar surface area (TPSA) is 90.9 Å². The van der Waals surface area contributed by atoms with Crippen molar-refractivity contribution in [2.75, 3.05) is 0 Å². The van der Waals surface area contributed by atoms with Gasteiger partial charge >= 0.3 is 0 Å². The molecule has 0 aliphatic heterocycles. The second-order valence-electron chi connectivity index (χ2n) is 2.98. The van der Waals surface area contributed by atoms with Crippen molar-refractivity contribution in [2.45, 2.75) is 0 Å². The fraction of sp³-hybridized carbons (Fsp3) is 0.125. The molecule has 2 aromatic rings. The van der Waals surface area contributed by atoms with E-state index in [0.29, 0.717) is 5.39 Å². The summed E-state index contributed by atoms with van der Waals surface area (Å²) in [7, 11) is 1.47. The first-order chi connectivity index (χ1) is 7.09. The summed E-state index contributed by atoms with van der Waals surface area (Å²) in [6, 6.07) is 3.87. The molecule has 0 aliphatic carbocycles. The highest BCUT2D eigenvalue weighted by molar-refractivity contribution is 5.79. The van der Waals surface area contributed by atoms with E-state index in [1.165, 1.54) is 25.2 Å². The summed E-state index contributed by atoms with van der Waals surface area (Å²) in [6.07, 6.45) is 0. The van der Waals surface area contributed by atoms with Gasteiger partial charge in [0.2, 0.25) is 0 Å². The molecule has 7 heteroatoms. The molecule has 0 unspecified atom stereocenters. The van der Waals surface area contributed by atoms with Gasteiger partial charge in [-0.25, -0.2) is 4.68 Å². The summed E-state index contributed by atoms with van der Waals surface area (Å²) < 4.78 is 1.08. The fourth-order valence-corrected chi connectivity index (χ4v) is 1.23. The summed E-state index contributed by atoms with van der Waals surface area (Å²) in [5.41, 5.74) is -0.202. The maximum absolute atomic E-state index is 11.5. The Labute approximate surface area is 83.1 Å². The van der Waals surface area contributed by atoms with Gasteiger partial charge in [-0.15, -0.1) is 5.10 Å². The minimum atomic E-state index is -0.543. The molecule has 0 atom stereocenters. The minimum Gasteiger partial charge on any atom is -0.267 e. The van der Waals surface area contributed by atoms with E-state index in [9.17, 15) is 14.9 Å². The van der Waals surface area contributed by atoms with Crippen LogP contribution in [0.1, 0.15) is 0 Å². The third-order valence-corrected chi connectivity index (χ3v) is 2.00. The van der Waals surface area contributed by atoms with E-state index in [-0.39, 0.29) is 16.8 Å². The zero-order valence-corrected chi connectivity index (χ0v) is 7.75. The van der Waals surface area contributed by atoms with Crippen LogP contribution in [-0.4, -0.2) is 19.9 Å². The quantitative estimate of drug-likeness (QED) is 0.492. The zero-order valence-electron chi connectivity index (χ0n) is 7.75. The molecular formula is C8H6N4O3. The SMILES string of the molecule is Cn1nnc2cc([N+](=O)[O-])ccc2c1=O. The Morgan fingerprint density at radius 2 is 2.20 bits per heavy atom. The number of aromatic nitrogens is 3. The zero-order chi connectivity index (χ0) is 11.0. The van der Waals surface area contributed by atoms with Crippen molar-refractivity contribution in [2.24, 2.45) is 7.05 Å². The van der Waals surface area contributed by atoms with E-state index >= 15 is 0 Å². The smallest absolute Gasteiger partial charge is 0.267 e. The first-order valence-electron chi connectivity index (χ1n) is 4.08. The lowest BCUT2D eigenvalue weighted by molar-refractivity contribution is -0.384. The van der Waals surface area contributed by atoms with Crippen LogP contribution in [-0.2, 0) is 7.05 Å². The molecule has 0 bridgehead atoms. The lowest BCUT2D eigenvalue weighted by Gasteiger charge is -1.97. The molecule has 1 aromatic carbocycles. The lowest BCUT2D eigenvalue weighted by Crippen LogP contribution is -2.20. The number of rotatable bonds is 1. The maximum Gasteiger partial charge on any atom is 0.277 e. The van der Waals surface area contributed by atoms with Gasteiger partial charge in [0, 0.05) is 19.2 Å². The first-order valence-corrected chi connectivity index (χ1v) is 4.08.